The molecular formula is C17H16ClN5O. The van der Waals surface area contributed by atoms with Crippen LogP contribution in [0.2, 0.25) is 5.02 Å². The van der Waals surface area contributed by atoms with Crippen LogP contribution < -0.4 is 10.6 Å². The van der Waals surface area contributed by atoms with Crippen LogP contribution in [0.4, 0.5) is 10.5 Å². The van der Waals surface area contributed by atoms with Crippen LogP contribution in [0.25, 0.3) is 0 Å². The highest BCUT2D eigenvalue weighted by molar-refractivity contribution is 6.33. The van der Waals surface area contributed by atoms with Crippen LogP contribution in [0.5, 0.6) is 0 Å². The van der Waals surface area contributed by atoms with Crippen molar-refractivity contribution in [2.45, 2.75) is 12.6 Å². The van der Waals surface area contributed by atoms with E-state index in [0.717, 1.165) is 5.56 Å². The van der Waals surface area contributed by atoms with Gasteiger partial charge in [0.2, 0.25) is 0 Å². The third-order valence-corrected chi connectivity index (χ3v) is 3.77. The number of urea groups is 1. The van der Waals surface area contributed by atoms with Gasteiger partial charge in [0, 0.05) is 0 Å². The molecule has 0 fully saturated rings. The molecule has 1 unspecified atom stereocenters. The number of nitrogens with zero attached hydrogens (tertiary/aromatic N) is 3. The summed E-state index contributed by atoms with van der Waals surface area (Å²) in [4.78, 5) is 13.9. The zero-order valence-electron chi connectivity index (χ0n) is 12.8. The van der Waals surface area contributed by atoms with Crippen LogP contribution in [0.1, 0.15) is 11.6 Å². The Hall–Kier alpha value is -2.86. The van der Waals surface area contributed by atoms with Gasteiger partial charge < -0.3 is 10.6 Å². The molecule has 0 radical (unpaired) electrons. The Bertz CT molecular complexity index is 792. The molecule has 1 atom stereocenters. The molecule has 0 bridgehead atoms. The van der Waals surface area contributed by atoms with E-state index in [2.05, 4.69) is 20.8 Å². The molecule has 122 valence electrons. The van der Waals surface area contributed by atoms with Gasteiger partial charge in [0.05, 0.1) is 35.7 Å². The number of anilines is 1. The fourth-order valence-corrected chi connectivity index (χ4v) is 2.48. The van der Waals surface area contributed by atoms with Gasteiger partial charge in [-0.15, -0.1) is 0 Å². The van der Waals surface area contributed by atoms with Gasteiger partial charge >= 0.3 is 6.03 Å². The van der Waals surface area contributed by atoms with E-state index in [4.69, 9.17) is 11.6 Å². The number of rotatable bonds is 5. The molecule has 0 aliphatic heterocycles. The van der Waals surface area contributed by atoms with Crippen molar-refractivity contribution in [3.05, 3.63) is 77.6 Å². The van der Waals surface area contributed by atoms with Crippen LogP contribution in [-0.2, 0) is 6.54 Å². The molecule has 3 aromatic rings. The van der Waals surface area contributed by atoms with E-state index in [1.807, 2.05) is 42.5 Å². The van der Waals surface area contributed by atoms with Gasteiger partial charge in [-0.2, -0.15) is 15.0 Å². The molecule has 1 aromatic heterocycles. The standard InChI is InChI=1S/C17H16ClN5O/c18-14-8-4-5-9-15(14)21-17(24)22-16(12-23-19-10-11-20-23)13-6-2-1-3-7-13/h1-11,16H,12H2,(H2,21,22,24). The smallest absolute Gasteiger partial charge is 0.319 e. The van der Waals surface area contributed by atoms with E-state index < -0.39 is 0 Å². The lowest BCUT2D eigenvalue weighted by Crippen LogP contribution is -2.35. The van der Waals surface area contributed by atoms with Gasteiger partial charge in [0.1, 0.15) is 0 Å². The van der Waals surface area contributed by atoms with Crippen molar-refractivity contribution in [1.29, 1.82) is 0 Å². The van der Waals surface area contributed by atoms with Crippen LogP contribution in [0.3, 0.4) is 0 Å². The highest BCUT2D eigenvalue weighted by Crippen LogP contribution is 2.21. The minimum Gasteiger partial charge on any atom is -0.329 e. The molecular weight excluding hydrogens is 326 g/mol. The summed E-state index contributed by atoms with van der Waals surface area (Å²) in [7, 11) is 0. The lowest BCUT2D eigenvalue weighted by molar-refractivity contribution is 0.246. The summed E-state index contributed by atoms with van der Waals surface area (Å²) in [6.45, 7) is 0.424. The van der Waals surface area contributed by atoms with E-state index in [1.165, 1.54) is 4.80 Å². The second-order valence-electron chi connectivity index (χ2n) is 5.13. The lowest BCUT2D eigenvalue weighted by atomic mass is 10.1. The molecule has 3 rings (SSSR count). The first kappa shape index (κ1) is 16.0. The molecule has 1 heterocycles. The predicted molar refractivity (Wildman–Crippen MR) is 92.8 cm³/mol. The molecule has 0 aliphatic rings. The third kappa shape index (κ3) is 4.11. The maximum atomic E-state index is 12.3. The van der Waals surface area contributed by atoms with E-state index in [0.29, 0.717) is 17.3 Å². The zero-order chi connectivity index (χ0) is 16.8. The summed E-state index contributed by atoms with van der Waals surface area (Å²) in [5.41, 5.74) is 1.52. The van der Waals surface area contributed by atoms with Crippen molar-refractivity contribution in [2.75, 3.05) is 5.32 Å². The van der Waals surface area contributed by atoms with Gasteiger partial charge in [-0.1, -0.05) is 54.1 Å². The van der Waals surface area contributed by atoms with Crippen molar-refractivity contribution in [2.24, 2.45) is 0 Å². The summed E-state index contributed by atoms with van der Waals surface area (Å²) >= 11 is 6.07. The molecule has 2 aromatic carbocycles. The second-order valence-corrected chi connectivity index (χ2v) is 5.53. The predicted octanol–water partition coefficient (Wildman–Crippen LogP) is 3.49. The summed E-state index contributed by atoms with van der Waals surface area (Å²) in [6, 6.07) is 16.1. The summed E-state index contributed by atoms with van der Waals surface area (Å²) in [5, 5.41) is 14.4. The molecule has 2 N–H and O–H groups in total. The Morgan fingerprint density at radius 2 is 1.71 bits per heavy atom. The van der Waals surface area contributed by atoms with Gasteiger partial charge in [0.15, 0.2) is 0 Å². The van der Waals surface area contributed by atoms with E-state index >= 15 is 0 Å². The fraction of sp³-hybridized carbons (Fsp3) is 0.118. The molecule has 2 amide bonds. The van der Waals surface area contributed by atoms with Gasteiger partial charge in [-0.25, -0.2) is 4.79 Å². The number of nitrogens with one attached hydrogen (secondary N) is 2. The monoisotopic (exact) mass is 341 g/mol. The van der Waals surface area contributed by atoms with E-state index in [9.17, 15) is 4.79 Å². The summed E-state index contributed by atoms with van der Waals surface area (Å²) in [6.07, 6.45) is 3.21. The Morgan fingerprint density at radius 3 is 2.42 bits per heavy atom. The third-order valence-electron chi connectivity index (χ3n) is 3.44. The molecule has 0 saturated carbocycles. The number of benzene rings is 2. The maximum absolute atomic E-state index is 12.3. The zero-order valence-corrected chi connectivity index (χ0v) is 13.5. The van der Waals surface area contributed by atoms with Crippen molar-refractivity contribution < 1.29 is 4.79 Å². The highest BCUT2D eigenvalue weighted by atomic mass is 35.5. The summed E-state index contributed by atoms with van der Waals surface area (Å²) in [5.74, 6) is 0. The largest absolute Gasteiger partial charge is 0.329 e. The lowest BCUT2D eigenvalue weighted by Gasteiger charge is -2.19. The Morgan fingerprint density at radius 1 is 1.04 bits per heavy atom. The first-order valence-electron chi connectivity index (χ1n) is 7.43. The first-order valence-corrected chi connectivity index (χ1v) is 7.81. The number of aromatic nitrogens is 3. The molecule has 0 saturated heterocycles. The molecule has 7 heteroatoms. The van der Waals surface area contributed by atoms with Crippen LogP contribution in [0.15, 0.2) is 67.0 Å². The molecule has 6 nitrogen and oxygen atoms in total. The van der Waals surface area contributed by atoms with Gasteiger partial charge in [-0.05, 0) is 17.7 Å². The molecule has 0 spiro atoms. The van der Waals surface area contributed by atoms with Gasteiger partial charge in [-0.3, -0.25) is 0 Å². The van der Waals surface area contributed by atoms with E-state index in [1.54, 1.807) is 24.5 Å². The Balaban J connectivity index is 1.74. The number of carbonyl (C=O) groups excluding carboxylic acids is 1. The average Bonchev–Trinajstić information content (AvgIpc) is 3.10. The minimum atomic E-state index is -0.343. The second kappa shape index (κ2) is 7.61. The minimum absolute atomic E-state index is 0.277. The number of carbonyl (C=O) groups is 1. The number of amides is 2. The van der Waals surface area contributed by atoms with E-state index in [-0.39, 0.29) is 12.1 Å². The quantitative estimate of drug-likeness (QED) is 0.746. The van der Waals surface area contributed by atoms with Gasteiger partial charge in [0.25, 0.3) is 0 Å². The highest BCUT2D eigenvalue weighted by Gasteiger charge is 2.16. The van der Waals surface area contributed by atoms with Crippen molar-refractivity contribution >= 4 is 23.3 Å². The Kier molecular flexibility index (Phi) is 5.08. The molecule has 24 heavy (non-hydrogen) atoms. The Labute approximate surface area is 144 Å². The van der Waals surface area contributed by atoms with Crippen molar-refractivity contribution in [3.8, 4) is 0 Å². The van der Waals surface area contributed by atoms with Crippen molar-refractivity contribution in [1.82, 2.24) is 20.3 Å². The van der Waals surface area contributed by atoms with Crippen LogP contribution in [0, 0.1) is 0 Å². The normalized spacial score (nSPS) is 11.7. The van der Waals surface area contributed by atoms with Crippen LogP contribution in [-0.4, -0.2) is 21.0 Å². The number of hydrogen-bond donors (Lipinski definition) is 2. The van der Waals surface area contributed by atoms with Crippen molar-refractivity contribution in [3.63, 3.8) is 0 Å². The fourth-order valence-electron chi connectivity index (χ4n) is 2.30. The number of para-hydroxylation sites is 1. The number of hydrogen-bond acceptors (Lipinski definition) is 3. The maximum Gasteiger partial charge on any atom is 0.319 e. The molecule has 0 aliphatic carbocycles. The first-order chi connectivity index (χ1) is 11.7. The topological polar surface area (TPSA) is 71.8 Å². The van der Waals surface area contributed by atoms with Crippen LogP contribution >= 0.6 is 11.6 Å². The SMILES string of the molecule is O=C(Nc1ccccc1Cl)NC(Cn1nccn1)c1ccccc1. The summed E-state index contributed by atoms with van der Waals surface area (Å²) < 4.78 is 0. The average molecular weight is 342 g/mol. The number of halogens is 1.